The summed E-state index contributed by atoms with van der Waals surface area (Å²) in [5, 5.41) is 0. The van der Waals surface area contributed by atoms with Crippen LogP contribution >= 0.6 is 0 Å². The van der Waals surface area contributed by atoms with Gasteiger partial charge in [-0.25, -0.2) is 0 Å². The molecule has 2 rings (SSSR count). The Morgan fingerprint density at radius 1 is 1.29 bits per heavy atom. The molecule has 0 spiro atoms. The molecule has 4 heteroatoms. The second-order valence-electron chi connectivity index (χ2n) is 6.54. The Morgan fingerprint density at radius 3 is 2.54 bits per heavy atom. The lowest BCUT2D eigenvalue weighted by atomic mass is 9.99. The van der Waals surface area contributed by atoms with Crippen molar-refractivity contribution in [1.29, 1.82) is 0 Å². The van der Waals surface area contributed by atoms with Gasteiger partial charge in [-0.15, -0.1) is 0 Å². The number of benzene rings is 1. The maximum atomic E-state index is 12.8. The normalized spacial score (nSPS) is 16.7. The first-order chi connectivity index (χ1) is 11.5. The molecule has 1 aliphatic rings. The van der Waals surface area contributed by atoms with Gasteiger partial charge in [0, 0.05) is 29.8 Å². The molecule has 0 saturated heterocycles. The van der Waals surface area contributed by atoms with E-state index < -0.39 is 0 Å². The average Bonchev–Trinajstić information content (AvgIpc) is 3.43. The highest BCUT2D eigenvalue weighted by molar-refractivity contribution is 5.92. The first-order valence-electron chi connectivity index (χ1n) is 8.74. The van der Waals surface area contributed by atoms with E-state index in [1.165, 1.54) is 0 Å². The van der Waals surface area contributed by atoms with Gasteiger partial charge >= 0.3 is 0 Å². The van der Waals surface area contributed by atoms with E-state index in [1.807, 2.05) is 24.3 Å². The molecule has 2 unspecified atom stereocenters. The Kier molecular flexibility index (Phi) is 6.29. The lowest BCUT2D eigenvalue weighted by Crippen LogP contribution is -2.42. The first kappa shape index (κ1) is 18.4. The average molecular weight is 331 g/mol. The van der Waals surface area contributed by atoms with Crippen molar-refractivity contribution >= 4 is 12.0 Å². The minimum Gasteiger partial charge on any atom is -0.497 e. The molecule has 0 heterocycles. The van der Waals surface area contributed by atoms with Crippen LogP contribution in [0.15, 0.2) is 24.3 Å². The maximum Gasteiger partial charge on any atom is 0.247 e. The number of hydrogen-bond acceptors (Lipinski definition) is 3. The Bertz CT molecular complexity index is 593. The number of ether oxygens (including phenoxy) is 2. The van der Waals surface area contributed by atoms with Crippen molar-refractivity contribution in [2.24, 2.45) is 5.92 Å². The predicted molar refractivity (Wildman–Crippen MR) is 97.4 cm³/mol. The fraction of sp³-hybridized carbons (Fsp3) is 0.550. The SMILES string of the molecule is CCC(C)C(C)N(C(=O)/C=C/c1ccc(OC)cc1OC)C1CC1. The van der Waals surface area contributed by atoms with Crippen LogP contribution in [0.3, 0.4) is 0 Å². The molecule has 1 fully saturated rings. The number of carbonyl (C=O) groups excluding carboxylic acids is 1. The molecule has 24 heavy (non-hydrogen) atoms. The summed E-state index contributed by atoms with van der Waals surface area (Å²) in [6.45, 7) is 6.55. The Labute approximate surface area is 145 Å². The molecule has 132 valence electrons. The molecule has 2 atom stereocenters. The topological polar surface area (TPSA) is 38.8 Å². The van der Waals surface area contributed by atoms with Crippen LogP contribution in [-0.2, 0) is 4.79 Å². The van der Waals surface area contributed by atoms with Gasteiger partial charge in [-0.1, -0.05) is 20.3 Å². The molecule has 1 aromatic carbocycles. The second kappa shape index (κ2) is 8.22. The second-order valence-corrected chi connectivity index (χ2v) is 6.54. The zero-order chi connectivity index (χ0) is 17.7. The molecular weight excluding hydrogens is 302 g/mol. The molecule has 1 aromatic rings. The van der Waals surface area contributed by atoms with Crippen molar-refractivity contribution < 1.29 is 14.3 Å². The van der Waals surface area contributed by atoms with E-state index in [-0.39, 0.29) is 11.9 Å². The van der Waals surface area contributed by atoms with Crippen molar-refractivity contribution in [3.8, 4) is 11.5 Å². The molecule has 1 aliphatic carbocycles. The molecule has 0 radical (unpaired) electrons. The third kappa shape index (κ3) is 4.31. The van der Waals surface area contributed by atoms with Gasteiger partial charge in [0.2, 0.25) is 5.91 Å². The molecule has 4 nitrogen and oxygen atoms in total. The number of hydrogen-bond donors (Lipinski definition) is 0. The summed E-state index contributed by atoms with van der Waals surface area (Å²) in [5.74, 6) is 2.02. The minimum absolute atomic E-state index is 0.0863. The Morgan fingerprint density at radius 2 is 2.00 bits per heavy atom. The summed E-state index contributed by atoms with van der Waals surface area (Å²) in [6, 6.07) is 6.26. The number of rotatable bonds is 8. The highest BCUT2D eigenvalue weighted by Crippen LogP contribution is 2.32. The van der Waals surface area contributed by atoms with Gasteiger partial charge in [-0.3, -0.25) is 4.79 Å². The van der Waals surface area contributed by atoms with Gasteiger partial charge in [-0.05, 0) is 43.9 Å². The standard InChI is InChI=1S/C20H29NO3/c1-6-14(2)15(3)21(17-9-10-17)20(22)12-8-16-7-11-18(23-4)13-19(16)24-5/h7-8,11-15,17H,6,9-10H2,1-5H3/b12-8+. The van der Waals surface area contributed by atoms with Crippen molar-refractivity contribution in [3.63, 3.8) is 0 Å². The van der Waals surface area contributed by atoms with Crippen molar-refractivity contribution in [3.05, 3.63) is 29.8 Å². The molecule has 0 bridgehead atoms. The largest absolute Gasteiger partial charge is 0.497 e. The zero-order valence-corrected chi connectivity index (χ0v) is 15.4. The summed E-state index contributed by atoms with van der Waals surface area (Å²) in [4.78, 5) is 14.8. The fourth-order valence-electron chi connectivity index (χ4n) is 2.88. The lowest BCUT2D eigenvalue weighted by molar-refractivity contribution is -0.129. The summed E-state index contributed by atoms with van der Waals surface area (Å²) in [6.07, 6.45) is 6.81. The summed E-state index contributed by atoms with van der Waals surface area (Å²) >= 11 is 0. The van der Waals surface area contributed by atoms with Crippen LogP contribution in [0, 0.1) is 5.92 Å². The van der Waals surface area contributed by atoms with Crippen LogP contribution in [0.2, 0.25) is 0 Å². The lowest BCUT2D eigenvalue weighted by Gasteiger charge is -2.32. The molecular formula is C20H29NO3. The van der Waals surface area contributed by atoms with Crippen LogP contribution in [0.25, 0.3) is 6.08 Å². The van der Waals surface area contributed by atoms with Crippen LogP contribution in [0.5, 0.6) is 11.5 Å². The first-order valence-corrected chi connectivity index (χ1v) is 8.74. The van der Waals surface area contributed by atoms with E-state index in [9.17, 15) is 4.79 Å². The monoisotopic (exact) mass is 331 g/mol. The minimum atomic E-state index is 0.0863. The molecule has 0 N–H and O–H groups in total. The van der Waals surface area contributed by atoms with Crippen LogP contribution in [0.4, 0.5) is 0 Å². The van der Waals surface area contributed by atoms with Gasteiger partial charge in [0.15, 0.2) is 0 Å². The van der Waals surface area contributed by atoms with Crippen LogP contribution < -0.4 is 9.47 Å². The van der Waals surface area contributed by atoms with E-state index in [4.69, 9.17) is 9.47 Å². The molecule has 1 amide bonds. The van der Waals surface area contributed by atoms with Gasteiger partial charge in [0.25, 0.3) is 0 Å². The van der Waals surface area contributed by atoms with Crippen LogP contribution in [0.1, 0.15) is 45.6 Å². The smallest absolute Gasteiger partial charge is 0.247 e. The van der Waals surface area contributed by atoms with E-state index in [2.05, 4.69) is 25.7 Å². The Balaban J connectivity index is 2.16. The van der Waals surface area contributed by atoms with Crippen molar-refractivity contribution in [1.82, 2.24) is 4.90 Å². The van der Waals surface area contributed by atoms with E-state index in [0.717, 1.165) is 30.6 Å². The highest BCUT2D eigenvalue weighted by Gasteiger charge is 2.36. The number of carbonyl (C=O) groups is 1. The zero-order valence-electron chi connectivity index (χ0n) is 15.4. The number of nitrogens with zero attached hydrogens (tertiary/aromatic N) is 1. The number of methoxy groups -OCH3 is 2. The fourth-order valence-corrected chi connectivity index (χ4v) is 2.88. The highest BCUT2D eigenvalue weighted by atomic mass is 16.5. The molecule has 0 aliphatic heterocycles. The quantitative estimate of drug-likeness (QED) is 0.672. The third-order valence-electron chi connectivity index (χ3n) is 4.95. The maximum absolute atomic E-state index is 12.8. The van der Waals surface area contributed by atoms with Crippen molar-refractivity contribution in [2.75, 3.05) is 14.2 Å². The third-order valence-corrected chi connectivity index (χ3v) is 4.95. The van der Waals surface area contributed by atoms with Crippen LogP contribution in [-0.4, -0.2) is 37.1 Å². The Hall–Kier alpha value is -1.97. The van der Waals surface area contributed by atoms with Gasteiger partial charge in [-0.2, -0.15) is 0 Å². The van der Waals surface area contributed by atoms with E-state index >= 15 is 0 Å². The van der Waals surface area contributed by atoms with Crippen molar-refractivity contribution in [2.45, 2.75) is 52.1 Å². The van der Waals surface area contributed by atoms with Gasteiger partial charge in [0.1, 0.15) is 11.5 Å². The summed E-state index contributed by atoms with van der Waals surface area (Å²) in [5.41, 5.74) is 0.874. The van der Waals surface area contributed by atoms with E-state index in [0.29, 0.717) is 17.7 Å². The predicted octanol–water partition coefficient (Wildman–Crippen LogP) is 4.14. The molecule has 0 aromatic heterocycles. The molecule has 1 saturated carbocycles. The van der Waals surface area contributed by atoms with Gasteiger partial charge < -0.3 is 14.4 Å². The summed E-state index contributed by atoms with van der Waals surface area (Å²) in [7, 11) is 3.24. The number of amides is 1. The van der Waals surface area contributed by atoms with Gasteiger partial charge in [0.05, 0.1) is 14.2 Å². The van der Waals surface area contributed by atoms with E-state index in [1.54, 1.807) is 20.3 Å². The summed E-state index contributed by atoms with van der Waals surface area (Å²) < 4.78 is 10.6.